The highest BCUT2D eigenvalue weighted by Crippen LogP contribution is 2.19. The second-order valence-electron chi connectivity index (χ2n) is 6.06. The molecule has 3 heterocycles. The van der Waals surface area contributed by atoms with E-state index in [1.165, 1.54) is 0 Å². The van der Waals surface area contributed by atoms with E-state index < -0.39 is 0 Å². The summed E-state index contributed by atoms with van der Waals surface area (Å²) in [5.74, 6) is 0. The molecule has 0 saturated carbocycles. The molecule has 1 aromatic carbocycles. The third-order valence-corrected chi connectivity index (χ3v) is 4.16. The molecule has 0 spiro atoms. The van der Waals surface area contributed by atoms with Gasteiger partial charge in [0.15, 0.2) is 0 Å². The van der Waals surface area contributed by atoms with E-state index in [4.69, 9.17) is 0 Å². The lowest BCUT2D eigenvalue weighted by atomic mass is 10.0. The van der Waals surface area contributed by atoms with Crippen molar-refractivity contribution in [2.75, 3.05) is 0 Å². The zero-order valence-electron chi connectivity index (χ0n) is 14.0. The highest BCUT2D eigenvalue weighted by Gasteiger charge is 2.09. The van der Waals surface area contributed by atoms with Crippen LogP contribution in [0.25, 0.3) is 16.6 Å². The van der Waals surface area contributed by atoms with E-state index in [2.05, 4.69) is 21.2 Å². The van der Waals surface area contributed by atoms with Gasteiger partial charge in [-0.1, -0.05) is 18.2 Å². The molecule has 6 heteroatoms. The van der Waals surface area contributed by atoms with Crippen LogP contribution in [-0.2, 0) is 13.5 Å². The molecule has 0 amide bonds. The van der Waals surface area contributed by atoms with Crippen molar-refractivity contribution in [2.24, 2.45) is 7.05 Å². The molecule has 0 unspecified atom stereocenters. The second kappa shape index (κ2) is 5.98. The smallest absolute Gasteiger partial charge is 0.203 e. The maximum atomic E-state index is 12.3. The zero-order chi connectivity index (χ0) is 17.4. The summed E-state index contributed by atoms with van der Waals surface area (Å²) in [7, 11) is 1.85. The molecule has 25 heavy (non-hydrogen) atoms. The Balaban J connectivity index is 1.77. The fourth-order valence-electron chi connectivity index (χ4n) is 2.90. The van der Waals surface area contributed by atoms with Gasteiger partial charge in [-0.25, -0.2) is 4.68 Å². The lowest BCUT2D eigenvalue weighted by Crippen LogP contribution is -2.16. The van der Waals surface area contributed by atoms with E-state index in [0.717, 1.165) is 27.8 Å². The fourth-order valence-corrected chi connectivity index (χ4v) is 2.90. The van der Waals surface area contributed by atoms with Gasteiger partial charge in [-0.3, -0.25) is 14.5 Å². The average molecular weight is 331 g/mol. The molecule has 0 bridgehead atoms. The first-order chi connectivity index (χ1) is 12.1. The van der Waals surface area contributed by atoms with Crippen LogP contribution >= 0.6 is 0 Å². The summed E-state index contributed by atoms with van der Waals surface area (Å²) in [6.45, 7) is 1.97. The molecule has 0 aliphatic rings. The van der Waals surface area contributed by atoms with Crippen molar-refractivity contribution in [3.05, 3.63) is 82.2 Å². The monoisotopic (exact) mass is 331 g/mol. The Morgan fingerprint density at radius 3 is 2.80 bits per heavy atom. The van der Waals surface area contributed by atoms with E-state index in [-0.39, 0.29) is 5.43 Å². The van der Waals surface area contributed by atoms with Crippen molar-refractivity contribution < 1.29 is 0 Å². The van der Waals surface area contributed by atoms with Crippen molar-refractivity contribution in [3.63, 3.8) is 0 Å². The third-order valence-electron chi connectivity index (χ3n) is 4.16. The summed E-state index contributed by atoms with van der Waals surface area (Å²) in [4.78, 5) is 16.8. The van der Waals surface area contributed by atoms with Gasteiger partial charge in [-0.05, 0) is 24.6 Å². The lowest BCUT2D eigenvalue weighted by molar-refractivity contribution is 0.762. The topological polar surface area (TPSA) is 65.6 Å². The summed E-state index contributed by atoms with van der Waals surface area (Å²) >= 11 is 0. The standard InChI is InChI=1S/C19H17N5O/c1-13-6-7-16-14(4-3-5-17(16)21-13)10-18-19(25)8-9-24(22-18)15-11-20-23(2)12-15/h3-9,11-12H,10H2,1-2H3. The first-order valence-electron chi connectivity index (χ1n) is 8.03. The predicted molar refractivity (Wildman–Crippen MR) is 95.9 cm³/mol. The molecule has 0 atom stereocenters. The second-order valence-corrected chi connectivity index (χ2v) is 6.06. The Hall–Kier alpha value is -3.28. The number of nitrogens with zero attached hydrogens (tertiary/aromatic N) is 5. The molecule has 4 aromatic rings. The number of hydrogen-bond donors (Lipinski definition) is 0. The van der Waals surface area contributed by atoms with Gasteiger partial charge in [0, 0.05) is 36.8 Å². The average Bonchev–Trinajstić information content (AvgIpc) is 3.03. The Morgan fingerprint density at radius 2 is 2.00 bits per heavy atom. The minimum absolute atomic E-state index is 0.0720. The van der Waals surface area contributed by atoms with Gasteiger partial charge < -0.3 is 0 Å². The Kier molecular flexibility index (Phi) is 3.65. The molecule has 124 valence electrons. The van der Waals surface area contributed by atoms with Crippen molar-refractivity contribution >= 4 is 10.9 Å². The van der Waals surface area contributed by atoms with Crippen LogP contribution in [0.3, 0.4) is 0 Å². The molecule has 0 aliphatic carbocycles. The molecular weight excluding hydrogens is 314 g/mol. The molecule has 0 aliphatic heterocycles. The predicted octanol–water partition coefficient (Wildman–Crippen LogP) is 2.41. The SMILES string of the molecule is Cc1ccc2c(Cc3nn(-c4cnn(C)c4)ccc3=O)cccc2n1. The number of aromatic nitrogens is 5. The maximum absolute atomic E-state index is 12.3. The van der Waals surface area contributed by atoms with Crippen LogP contribution in [0.5, 0.6) is 0 Å². The van der Waals surface area contributed by atoms with E-state index >= 15 is 0 Å². The van der Waals surface area contributed by atoms with Crippen LogP contribution in [-0.4, -0.2) is 24.5 Å². The lowest BCUT2D eigenvalue weighted by Gasteiger charge is -2.08. The van der Waals surface area contributed by atoms with Crippen molar-refractivity contribution in [1.82, 2.24) is 24.5 Å². The highest BCUT2D eigenvalue weighted by molar-refractivity contribution is 5.82. The number of aryl methyl sites for hydroxylation is 2. The molecule has 4 rings (SSSR count). The molecule has 0 N–H and O–H groups in total. The molecular formula is C19H17N5O. The molecule has 0 fully saturated rings. The van der Waals surface area contributed by atoms with Gasteiger partial charge in [-0.15, -0.1) is 0 Å². The number of rotatable bonds is 3. The minimum Gasteiger partial charge on any atom is -0.288 e. The summed E-state index contributed by atoms with van der Waals surface area (Å²) < 4.78 is 3.38. The normalized spacial score (nSPS) is 11.1. The van der Waals surface area contributed by atoms with Crippen molar-refractivity contribution in [1.29, 1.82) is 0 Å². The Morgan fingerprint density at radius 1 is 1.12 bits per heavy atom. The summed E-state index contributed by atoms with van der Waals surface area (Å²) in [6.07, 6.45) is 5.69. The number of pyridine rings is 1. The molecule has 6 nitrogen and oxygen atoms in total. The van der Waals surface area contributed by atoms with Crippen LogP contribution in [0.2, 0.25) is 0 Å². The fraction of sp³-hybridized carbons (Fsp3) is 0.158. The van der Waals surface area contributed by atoms with Gasteiger partial charge in [0.1, 0.15) is 11.4 Å². The quantitative estimate of drug-likeness (QED) is 0.578. The third kappa shape index (κ3) is 2.94. The zero-order valence-corrected chi connectivity index (χ0v) is 14.0. The maximum Gasteiger partial charge on any atom is 0.203 e. The van der Waals surface area contributed by atoms with Gasteiger partial charge in [0.25, 0.3) is 0 Å². The minimum atomic E-state index is -0.0720. The van der Waals surface area contributed by atoms with Crippen LogP contribution in [0.4, 0.5) is 0 Å². The Bertz CT molecular complexity index is 1130. The van der Waals surface area contributed by atoms with Gasteiger partial charge in [0.05, 0.1) is 17.9 Å². The van der Waals surface area contributed by atoms with E-state index in [0.29, 0.717) is 12.1 Å². The first kappa shape index (κ1) is 15.3. The number of benzene rings is 1. The number of fused-ring (bicyclic) bond motifs is 1. The van der Waals surface area contributed by atoms with Gasteiger partial charge in [0.2, 0.25) is 5.43 Å². The summed E-state index contributed by atoms with van der Waals surface area (Å²) in [6, 6.07) is 11.5. The van der Waals surface area contributed by atoms with Crippen LogP contribution in [0, 0.1) is 6.92 Å². The van der Waals surface area contributed by atoms with Crippen molar-refractivity contribution in [2.45, 2.75) is 13.3 Å². The molecule has 0 saturated heterocycles. The van der Waals surface area contributed by atoms with E-state index in [1.807, 2.05) is 44.4 Å². The van der Waals surface area contributed by atoms with Crippen LogP contribution in [0.1, 0.15) is 17.0 Å². The summed E-state index contributed by atoms with van der Waals surface area (Å²) in [5, 5.41) is 9.70. The number of hydrogen-bond acceptors (Lipinski definition) is 4. The van der Waals surface area contributed by atoms with E-state index in [9.17, 15) is 4.79 Å². The van der Waals surface area contributed by atoms with Gasteiger partial charge in [-0.2, -0.15) is 10.2 Å². The first-order valence-corrected chi connectivity index (χ1v) is 8.03. The molecule has 3 aromatic heterocycles. The largest absolute Gasteiger partial charge is 0.288 e. The van der Waals surface area contributed by atoms with E-state index in [1.54, 1.807) is 27.8 Å². The van der Waals surface area contributed by atoms with Crippen LogP contribution < -0.4 is 5.43 Å². The Labute approximate surface area is 144 Å². The summed E-state index contributed by atoms with van der Waals surface area (Å²) in [5.41, 5.74) is 4.19. The van der Waals surface area contributed by atoms with Gasteiger partial charge >= 0.3 is 0 Å². The molecule has 0 radical (unpaired) electrons. The van der Waals surface area contributed by atoms with Crippen LogP contribution in [0.15, 0.2) is 59.8 Å². The highest BCUT2D eigenvalue weighted by atomic mass is 16.1. The van der Waals surface area contributed by atoms with Crippen molar-refractivity contribution in [3.8, 4) is 5.69 Å².